The minimum absolute atomic E-state index is 0.470. The summed E-state index contributed by atoms with van der Waals surface area (Å²) in [5.74, 6) is 2.15. The normalized spacial score (nSPS) is 25.6. The molecule has 0 aliphatic heterocycles. The van der Waals surface area contributed by atoms with Crippen molar-refractivity contribution in [3.8, 4) is 17.2 Å². The lowest BCUT2D eigenvalue weighted by Crippen LogP contribution is -2.31. The molecule has 0 amide bonds. The van der Waals surface area contributed by atoms with E-state index in [9.17, 15) is 8.78 Å². The fourth-order valence-corrected chi connectivity index (χ4v) is 6.10. The smallest absolute Gasteiger partial charge is 0.144 e. The molecule has 2 fully saturated rings. The van der Waals surface area contributed by atoms with Gasteiger partial charge in [-0.3, -0.25) is 0 Å². The third kappa shape index (κ3) is 5.17. The zero-order valence-corrected chi connectivity index (χ0v) is 18.5. The fourth-order valence-electron chi connectivity index (χ4n) is 6.10. The molecule has 0 saturated heterocycles. The fraction of sp³-hybridized carbons (Fsp3) is 0.536. The summed E-state index contributed by atoms with van der Waals surface area (Å²) in [7, 11) is 0. The van der Waals surface area contributed by atoms with Crippen LogP contribution in [-0.2, 0) is 6.42 Å². The van der Waals surface area contributed by atoms with Crippen LogP contribution in [0.2, 0.25) is 0 Å². The summed E-state index contributed by atoms with van der Waals surface area (Å²) in [6, 6.07) is 12.1. The van der Waals surface area contributed by atoms with E-state index in [2.05, 4.69) is 19.1 Å². The predicted octanol–water partition coefficient (Wildman–Crippen LogP) is 8.07. The van der Waals surface area contributed by atoms with Crippen LogP contribution in [0, 0.1) is 46.6 Å². The number of fused-ring (bicyclic) bond motifs is 1. The lowest BCUT2D eigenvalue weighted by atomic mass is 9.63. The standard InChI is InChI=1S/C28H33F2N/c1-2-3-20-8-12-24-15-21(9-13-23(24)14-20)5-4-19-6-10-22(11-7-19)25-16-27(29)26(18-31)28(30)17-25/h6-7,10-11,16-17,20-21,23-24H,2-5,8-9,12-15H2,1H3/t20?,21-,23-,24-/m1/s1. The molecule has 0 heterocycles. The molecule has 0 spiro atoms. The van der Waals surface area contributed by atoms with Gasteiger partial charge in [-0.05, 0) is 91.0 Å². The highest BCUT2D eigenvalue weighted by Crippen LogP contribution is 2.46. The molecule has 164 valence electrons. The third-order valence-electron chi connectivity index (χ3n) is 7.81. The number of aryl methyl sites for hydroxylation is 1. The van der Waals surface area contributed by atoms with E-state index in [0.29, 0.717) is 5.56 Å². The Balaban J connectivity index is 1.31. The Morgan fingerprint density at radius 1 is 0.839 bits per heavy atom. The average Bonchev–Trinajstić information content (AvgIpc) is 2.78. The molecule has 1 unspecified atom stereocenters. The molecule has 2 aliphatic carbocycles. The molecule has 4 rings (SSSR count). The van der Waals surface area contributed by atoms with Crippen molar-refractivity contribution in [3.05, 3.63) is 59.2 Å². The van der Waals surface area contributed by atoms with Gasteiger partial charge < -0.3 is 0 Å². The van der Waals surface area contributed by atoms with Crippen molar-refractivity contribution in [2.45, 2.75) is 71.1 Å². The van der Waals surface area contributed by atoms with Gasteiger partial charge in [0, 0.05) is 0 Å². The van der Waals surface area contributed by atoms with Gasteiger partial charge in [0.25, 0.3) is 0 Å². The highest BCUT2D eigenvalue weighted by molar-refractivity contribution is 5.65. The molecule has 2 aliphatic rings. The maximum Gasteiger partial charge on any atom is 0.144 e. The second-order valence-electron chi connectivity index (χ2n) is 9.83. The monoisotopic (exact) mass is 421 g/mol. The number of benzene rings is 2. The van der Waals surface area contributed by atoms with E-state index >= 15 is 0 Å². The van der Waals surface area contributed by atoms with Crippen molar-refractivity contribution >= 4 is 0 Å². The lowest BCUT2D eigenvalue weighted by molar-refractivity contribution is 0.0921. The Morgan fingerprint density at radius 2 is 1.42 bits per heavy atom. The van der Waals surface area contributed by atoms with Gasteiger partial charge in [0.2, 0.25) is 0 Å². The molecule has 2 saturated carbocycles. The van der Waals surface area contributed by atoms with Crippen LogP contribution in [0.3, 0.4) is 0 Å². The molecule has 3 heteroatoms. The number of hydrogen-bond acceptors (Lipinski definition) is 1. The summed E-state index contributed by atoms with van der Waals surface area (Å²) in [5, 5.41) is 8.83. The highest BCUT2D eigenvalue weighted by Gasteiger charge is 2.34. The van der Waals surface area contributed by atoms with Crippen LogP contribution in [0.25, 0.3) is 11.1 Å². The molecule has 4 atom stereocenters. The quantitative estimate of drug-likeness (QED) is 0.462. The summed E-state index contributed by atoms with van der Waals surface area (Å²) in [6.07, 6.45) is 13.6. The second-order valence-corrected chi connectivity index (χ2v) is 9.83. The number of nitrogens with zero attached hydrogens (tertiary/aromatic N) is 1. The molecule has 0 bridgehead atoms. The Bertz CT molecular complexity index is 904. The van der Waals surface area contributed by atoms with E-state index in [0.717, 1.165) is 35.7 Å². The van der Waals surface area contributed by atoms with Gasteiger partial charge in [0.15, 0.2) is 0 Å². The summed E-state index contributed by atoms with van der Waals surface area (Å²) in [4.78, 5) is 0. The molecule has 31 heavy (non-hydrogen) atoms. The van der Waals surface area contributed by atoms with Crippen LogP contribution in [0.5, 0.6) is 0 Å². The van der Waals surface area contributed by atoms with E-state index < -0.39 is 17.2 Å². The number of hydrogen-bond donors (Lipinski definition) is 0. The Hall–Kier alpha value is -2.21. The van der Waals surface area contributed by atoms with Gasteiger partial charge in [0.1, 0.15) is 23.3 Å². The summed E-state index contributed by atoms with van der Waals surface area (Å²) in [5.41, 5.74) is 2.01. The molecule has 0 aromatic heterocycles. The largest absolute Gasteiger partial charge is 0.205 e. The van der Waals surface area contributed by atoms with Crippen LogP contribution in [0.4, 0.5) is 8.78 Å². The molecule has 0 radical (unpaired) electrons. The van der Waals surface area contributed by atoms with Crippen molar-refractivity contribution < 1.29 is 8.78 Å². The first kappa shape index (κ1) is 22.0. The van der Waals surface area contributed by atoms with Crippen LogP contribution < -0.4 is 0 Å². The van der Waals surface area contributed by atoms with Gasteiger partial charge in [-0.1, -0.05) is 56.9 Å². The number of rotatable bonds is 6. The summed E-state index contributed by atoms with van der Waals surface area (Å²) >= 11 is 0. The number of nitriles is 1. The molecular formula is C28H33F2N. The highest BCUT2D eigenvalue weighted by atomic mass is 19.1. The average molecular weight is 422 g/mol. The zero-order chi connectivity index (χ0) is 21.8. The Morgan fingerprint density at radius 3 is 1.97 bits per heavy atom. The topological polar surface area (TPSA) is 23.8 Å². The van der Waals surface area contributed by atoms with Crippen molar-refractivity contribution in [3.63, 3.8) is 0 Å². The van der Waals surface area contributed by atoms with Crippen molar-refractivity contribution in [1.82, 2.24) is 0 Å². The van der Waals surface area contributed by atoms with Gasteiger partial charge in [-0.15, -0.1) is 0 Å². The van der Waals surface area contributed by atoms with Crippen LogP contribution in [0.15, 0.2) is 36.4 Å². The van der Waals surface area contributed by atoms with Crippen LogP contribution in [-0.4, -0.2) is 0 Å². The van der Waals surface area contributed by atoms with Crippen molar-refractivity contribution in [2.75, 3.05) is 0 Å². The summed E-state index contributed by atoms with van der Waals surface area (Å²) < 4.78 is 27.8. The molecule has 2 aromatic rings. The first-order valence-electron chi connectivity index (χ1n) is 12.1. The third-order valence-corrected chi connectivity index (χ3v) is 7.81. The summed E-state index contributed by atoms with van der Waals surface area (Å²) in [6.45, 7) is 2.32. The minimum atomic E-state index is -0.805. The van der Waals surface area contributed by atoms with Crippen LogP contribution >= 0.6 is 0 Å². The van der Waals surface area contributed by atoms with Crippen molar-refractivity contribution in [1.29, 1.82) is 5.26 Å². The number of halogens is 2. The zero-order valence-electron chi connectivity index (χ0n) is 18.5. The van der Waals surface area contributed by atoms with E-state index in [1.165, 1.54) is 75.5 Å². The van der Waals surface area contributed by atoms with Gasteiger partial charge in [-0.2, -0.15) is 5.26 Å². The minimum Gasteiger partial charge on any atom is -0.205 e. The molecular weight excluding hydrogens is 388 g/mol. The molecule has 2 aromatic carbocycles. The van der Waals surface area contributed by atoms with E-state index in [1.54, 1.807) is 6.07 Å². The van der Waals surface area contributed by atoms with Gasteiger partial charge in [0.05, 0.1) is 0 Å². The maximum absolute atomic E-state index is 13.9. The van der Waals surface area contributed by atoms with E-state index in [4.69, 9.17) is 5.26 Å². The van der Waals surface area contributed by atoms with E-state index in [1.807, 2.05) is 12.1 Å². The SMILES string of the molecule is CCCC1CC[C@@H]2C[C@H](CCc3ccc(-c4cc(F)c(C#N)c(F)c4)cc3)CC[C@@H]2C1. The lowest BCUT2D eigenvalue weighted by Gasteiger charge is -2.42. The van der Waals surface area contributed by atoms with Gasteiger partial charge in [-0.25, -0.2) is 8.78 Å². The predicted molar refractivity (Wildman–Crippen MR) is 121 cm³/mol. The Kier molecular flexibility index (Phi) is 7.06. The first-order chi connectivity index (χ1) is 15.1. The second kappa shape index (κ2) is 9.94. The molecule has 1 nitrogen and oxygen atoms in total. The first-order valence-corrected chi connectivity index (χ1v) is 12.1. The van der Waals surface area contributed by atoms with Crippen LogP contribution in [0.1, 0.15) is 75.8 Å². The Labute approximate surface area is 185 Å². The maximum atomic E-state index is 13.9. The van der Waals surface area contributed by atoms with Crippen molar-refractivity contribution in [2.24, 2.45) is 23.7 Å². The molecule has 0 N–H and O–H groups in total. The van der Waals surface area contributed by atoms with Gasteiger partial charge >= 0.3 is 0 Å². The van der Waals surface area contributed by atoms with E-state index in [-0.39, 0.29) is 0 Å².